The molecule has 18 nitrogen and oxygen atoms in total. The van der Waals surface area contributed by atoms with Gasteiger partial charge in [-0.1, -0.05) is 0 Å². The van der Waals surface area contributed by atoms with Crippen molar-refractivity contribution in [2.45, 2.75) is 69.1 Å². The van der Waals surface area contributed by atoms with Gasteiger partial charge < -0.3 is 54.2 Å². The molecule has 38 heavy (non-hydrogen) atoms. The average molecular weight is 547 g/mol. The van der Waals surface area contributed by atoms with E-state index >= 15 is 0 Å². The zero-order valence-electron chi connectivity index (χ0n) is 20.4. The molecule has 0 aliphatic heterocycles. The van der Waals surface area contributed by atoms with Crippen LogP contribution in [0, 0.1) is 0 Å². The number of hydrogen-bond donors (Lipinski definition) is 10. The number of nitrogens with zero attached hydrogens (tertiary/aromatic N) is 1. The van der Waals surface area contributed by atoms with Gasteiger partial charge in [-0.15, -0.1) is 0 Å². The van der Waals surface area contributed by atoms with E-state index in [4.69, 9.17) is 33.1 Å². The molecular formula is C20H34N8O10. The Kier molecular flexibility index (Phi) is 15.0. The van der Waals surface area contributed by atoms with Crippen LogP contribution in [0.1, 0.15) is 44.9 Å². The molecule has 0 fully saturated rings. The number of hydrogen-bond acceptors (Lipinski definition) is 9. The molecule has 0 saturated heterocycles. The van der Waals surface area contributed by atoms with Crippen LogP contribution in [0.15, 0.2) is 4.99 Å². The molecule has 4 amide bonds. The highest BCUT2D eigenvalue weighted by Gasteiger charge is 2.31. The number of aliphatic carboxylic acids is 3. The zero-order chi connectivity index (χ0) is 29.4. The lowest BCUT2D eigenvalue weighted by molar-refractivity contribution is -0.143. The maximum absolute atomic E-state index is 12.8. The topological polar surface area (TPSA) is 333 Å². The van der Waals surface area contributed by atoms with E-state index in [1.807, 2.05) is 5.32 Å². The number of nitrogens with one attached hydrogen (secondary N) is 3. The summed E-state index contributed by atoms with van der Waals surface area (Å²) in [6.45, 7) is 0.181. The molecule has 0 aromatic heterocycles. The third kappa shape index (κ3) is 14.8. The molecule has 0 aliphatic rings. The van der Waals surface area contributed by atoms with Crippen LogP contribution in [0.4, 0.5) is 0 Å². The van der Waals surface area contributed by atoms with E-state index in [2.05, 4.69) is 15.6 Å². The van der Waals surface area contributed by atoms with E-state index in [9.17, 15) is 38.7 Å². The normalized spacial score (nSPS) is 13.6. The minimum absolute atomic E-state index is 0.107. The fraction of sp³-hybridized carbons (Fsp3) is 0.600. The monoisotopic (exact) mass is 546 g/mol. The Morgan fingerprint density at radius 2 is 1.16 bits per heavy atom. The number of amides is 4. The summed E-state index contributed by atoms with van der Waals surface area (Å²) >= 11 is 0. The minimum atomic E-state index is -1.72. The Labute approximate surface area is 216 Å². The number of primary amides is 1. The lowest BCUT2D eigenvalue weighted by Crippen LogP contribution is -2.57. The molecule has 0 saturated carbocycles. The Bertz CT molecular complexity index is 921. The van der Waals surface area contributed by atoms with Crippen molar-refractivity contribution in [2.75, 3.05) is 6.54 Å². The van der Waals surface area contributed by atoms with Gasteiger partial charge in [0.05, 0.1) is 12.5 Å². The van der Waals surface area contributed by atoms with Crippen LogP contribution in [0.2, 0.25) is 0 Å². The SMILES string of the molecule is NC(=O)CC(NC(=O)C(CCC(=O)O)NC(=O)C(N)CCCN=C(N)N)C(=O)NC(CCC(=O)O)C(=O)O. The molecule has 0 bridgehead atoms. The summed E-state index contributed by atoms with van der Waals surface area (Å²) in [5.41, 5.74) is 21.3. The maximum Gasteiger partial charge on any atom is 0.326 e. The van der Waals surface area contributed by atoms with E-state index in [-0.39, 0.29) is 18.9 Å². The molecule has 4 unspecified atom stereocenters. The van der Waals surface area contributed by atoms with Gasteiger partial charge in [0.1, 0.15) is 18.1 Å². The maximum atomic E-state index is 12.8. The Morgan fingerprint density at radius 1 is 0.684 bits per heavy atom. The van der Waals surface area contributed by atoms with Crippen LogP contribution in [0.3, 0.4) is 0 Å². The van der Waals surface area contributed by atoms with Crippen LogP contribution >= 0.6 is 0 Å². The largest absolute Gasteiger partial charge is 0.481 e. The van der Waals surface area contributed by atoms with Crippen molar-refractivity contribution in [1.82, 2.24) is 16.0 Å². The smallest absolute Gasteiger partial charge is 0.326 e. The number of rotatable bonds is 19. The number of aliphatic imine (C=N–C) groups is 1. The number of carbonyl (C=O) groups excluding carboxylic acids is 4. The lowest BCUT2D eigenvalue weighted by atomic mass is 10.1. The molecule has 14 N–H and O–H groups in total. The van der Waals surface area contributed by atoms with Gasteiger partial charge in [0.2, 0.25) is 23.6 Å². The van der Waals surface area contributed by atoms with Gasteiger partial charge in [0.25, 0.3) is 0 Å². The molecule has 18 heteroatoms. The van der Waals surface area contributed by atoms with Crippen LogP contribution in [-0.2, 0) is 33.6 Å². The van der Waals surface area contributed by atoms with E-state index in [1.165, 1.54) is 0 Å². The van der Waals surface area contributed by atoms with Crippen molar-refractivity contribution in [3.63, 3.8) is 0 Å². The van der Waals surface area contributed by atoms with Gasteiger partial charge in [0.15, 0.2) is 5.96 Å². The Morgan fingerprint density at radius 3 is 1.63 bits per heavy atom. The molecule has 0 rings (SSSR count). The van der Waals surface area contributed by atoms with Crippen LogP contribution in [0.25, 0.3) is 0 Å². The Balaban J connectivity index is 5.52. The van der Waals surface area contributed by atoms with E-state index in [1.54, 1.807) is 0 Å². The highest BCUT2D eigenvalue weighted by atomic mass is 16.4. The van der Waals surface area contributed by atoms with Gasteiger partial charge in [-0.3, -0.25) is 33.8 Å². The van der Waals surface area contributed by atoms with Gasteiger partial charge >= 0.3 is 17.9 Å². The predicted molar refractivity (Wildman–Crippen MR) is 129 cm³/mol. The van der Waals surface area contributed by atoms with Gasteiger partial charge in [0, 0.05) is 19.4 Å². The second-order valence-corrected chi connectivity index (χ2v) is 8.11. The number of guanidine groups is 1. The first kappa shape index (κ1) is 33.5. The molecule has 0 spiro atoms. The van der Waals surface area contributed by atoms with Crippen molar-refractivity contribution >= 4 is 47.5 Å². The van der Waals surface area contributed by atoms with Crippen molar-refractivity contribution in [3.8, 4) is 0 Å². The van der Waals surface area contributed by atoms with E-state index < -0.39 is 97.8 Å². The summed E-state index contributed by atoms with van der Waals surface area (Å²) in [6, 6.07) is -6.01. The van der Waals surface area contributed by atoms with Crippen molar-refractivity contribution in [1.29, 1.82) is 0 Å². The van der Waals surface area contributed by atoms with Crippen molar-refractivity contribution in [2.24, 2.45) is 27.9 Å². The number of nitrogens with two attached hydrogens (primary N) is 4. The number of carboxylic acids is 3. The third-order valence-corrected chi connectivity index (χ3v) is 4.88. The van der Waals surface area contributed by atoms with Crippen LogP contribution in [-0.4, -0.2) is 93.5 Å². The van der Waals surface area contributed by atoms with Crippen LogP contribution in [0.5, 0.6) is 0 Å². The molecular weight excluding hydrogens is 512 g/mol. The minimum Gasteiger partial charge on any atom is -0.481 e. The second kappa shape index (κ2) is 17.1. The summed E-state index contributed by atoms with van der Waals surface area (Å²) in [5.74, 6) is -8.47. The van der Waals surface area contributed by atoms with Crippen molar-refractivity contribution in [3.05, 3.63) is 0 Å². The molecule has 214 valence electrons. The number of carboxylic acid groups (broad SMARTS) is 3. The van der Waals surface area contributed by atoms with E-state index in [0.717, 1.165) is 0 Å². The molecule has 0 heterocycles. The van der Waals surface area contributed by atoms with Gasteiger partial charge in [-0.2, -0.15) is 0 Å². The fourth-order valence-electron chi connectivity index (χ4n) is 2.95. The summed E-state index contributed by atoms with van der Waals surface area (Å²) in [6.07, 6.45) is -2.45. The molecule has 0 aliphatic carbocycles. The molecule has 4 atom stereocenters. The number of carbonyl (C=O) groups is 7. The first-order chi connectivity index (χ1) is 17.6. The summed E-state index contributed by atoms with van der Waals surface area (Å²) in [7, 11) is 0. The second-order valence-electron chi connectivity index (χ2n) is 8.11. The quantitative estimate of drug-likeness (QED) is 0.0415. The predicted octanol–water partition coefficient (Wildman–Crippen LogP) is -4.49. The molecule has 0 aromatic carbocycles. The third-order valence-electron chi connectivity index (χ3n) is 4.88. The summed E-state index contributed by atoms with van der Waals surface area (Å²) in [4.78, 5) is 86.2. The van der Waals surface area contributed by atoms with Gasteiger partial charge in [-0.25, -0.2) is 4.79 Å². The molecule has 0 radical (unpaired) electrons. The van der Waals surface area contributed by atoms with E-state index in [0.29, 0.717) is 6.42 Å². The highest BCUT2D eigenvalue weighted by Crippen LogP contribution is 2.05. The summed E-state index contributed by atoms with van der Waals surface area (Å²) in [5, 5.41) is 33.4. The fourth-order valence-corrected chi connectivity index (χ4v) is 2.95. The van der Waals surface area contributed by atoms with Crippen molar-refractivity contribution < 1.29 is 48.9 Å². The highest BCUT2D eigenvalue weighted by molar-refractivity contribution is 5.96. The Hall–Kier alpha value is -4.48. The van der Waals surface area contributed by atoms with Crippen LogP contribution < -0.4 is 38.9 Å². The standard InChI is InChI=1S/C20H34N8O10/c21-9(2-1-7-25-20(23)24)16(34)26-10(3-5-14(30)31)17(35)28-12(8-13(22)29)18(36)27-11(19(37)38)4-6-15(32)33/h9-12H,1-8,21H2,(H2,22,29)(H,26,34)(H,27,36)(H,28,35)(H,30,31)(H,32,33)(H,37,38)(H4,23,24,25). The average Bonchev–Trinajstić information content (AvgIpc) is 2.80. The zero-order valence-corrected chi connectivity index (χ0v) is 20.4. The lowest BCUT2D eigenvalue weighted by Gasteiger charge is -2.24. The van der Waals surface area contributed by atoms with Gasteiger partial charge in [-0.05, 0) is 25.7 Å². The summed E-state index contributed by atoms with van der Waals surface area (Å²) < 4.78 is 0. The first-order valence-electron chi connectivity index (χ1n) is 11.3. The molecule has 0 aromatic rings. The first-order valence-corrected chi connectivity index (χ1v) is 11.3.